The molecule has 0 amide bonds. The molecule has 180 valence electrons. The molecule has 0 atom stereocenters. The first-order valence-corrected chi connectivity index (χ1v) is 10.4. The maximum absolute atomic E-state index is 11.8. The topological polar surface area (TPSA) is 133 Å². The molecule has 0 saturated heterocycles. The minimum absolute atomic E-state index is 0. The number of carbonyl (C=O) groups is 4. The molecule has 0 fully saturated rings. The Morgan fingerprint density at radius 3 is 1.27 bits per heavy atom. The molecule has 0 aliphatic rings. The van der Waals surface area contributed by atoms with Crippen molar-refractivity contribution in [3.63, 3.8) is 0 Å². The zero-order chi connectivity index (χ0) is 26.2. The van der Waals surface area contributed by atoms with Crippen molar-refractivity contribution in [1.82, 2.24) is 0 Å². The number of carbonyl (C=O) groups excluding carboxylic acids is 4. The molecule has 0 unspecified atom stereocenters. The van der Waals surface area contributed by atoms with Gasteiger partial charge in [0.05, 0.1) is 35.6 Å². The molecule has 0 heterocycles. The third kappa shape index (κ3) is 6.40. The van der Waals surface area contributed by atoms with Crippen LogP contribution in [-0.4, -0.2) is 46.9 Å². The molecule has 0 radical (unpaired) electrons. The summed E-state index contributed by atoms with van der Waals surface area (Å²) in [6.07, 6.45) is 1.92. The van der Waals surface area contributed by atoms with E-state index in [0.717, 1.165) is 23.3 Å². The number of fused-ring (bicyclic) bond motifs is 2. The van der Waals surface area contributed by atoms with Crippen molar-refractivity contribution in [2.75, 3.05) is 0 Å². The monoisotopic (exact) mass is 506 g/mol. The van der Waals surface area contributed by atoms with Gasteiger partial charge in [0, 0.05) is 11.1 Å². The Balaban J connectivity index is 0.000000253. The first-order chi connectivity index (χ1) is 17.3. The Kier molecular flexibility index (Phi) is 10.1. The minimum Gasteiger partial charge on any atom is -0.545 e. The fraction of sp³-hybridized carbons (Fsp3) is 0. The zero-order valence-corrected chi connectivity index (χ0v) is 20.9. The molecule has 4 aromatic rings. The average Bonchev–Trinajstić information content (AvgIpc) is 2.87. The Morgan fingerprint density at radius 2 is 0.946 bits per heavy atom. The molecule has 8 nitrogen and oxygen atoms in total. The van der Waals surface area contributed by atoms with Crippen LogP contribution in [0.3, 0.4) is 0 Å². The quantitative estimate of drug-likeness (QED) is 0.221. The number of esters is 2. The number of aromatic carboxylic acids is 2. The molecular formula is C28H18MgO8. The number of benzene rings is 4. The Morgan fingerprint density at radius 1 is 0.595 bits per heavy atom. The van der Waals surface area contributed by atoms with Crippen LogP contribution in [0.15, 0.2) is 98.5 Å². The summed E-state index contributed by atoms with van der Waals surface area (Å²) < 4.78 is 9.32. The first-order valence-electron chi connectivity index (χ1n) is 10.4. The van der Waals surface area contributed by atoms with Gasteiger partial charge in [0.2, 0.25) is 0 Å². The van der Waals surface area contributed by atoms with Crippen molar-refractivity contribution in [3.8, 4) is 0 Å². The van der Waals surface area contributed by atoms with Gasteiger partial charge >= 0.3 is 35.0 Å². The molecule has 0 aliphatic carbocycles. The van der Waals surface area contributed by atoms with Gasteiger partial charge in [0.25, 0.3) is 0 Å². The molecule has 0 aromatic heterocycles. The molecule has 9 heteroatoms. The van der Waals surface area contributed by atoms with Crippen molar-refractivity contribution in [2.45, 2.75) is 0 Å². The van der Waals surface area contributed by atoms with E-state index in [1.54, 1.807) is 60.7 Å². The average molecular weight is 507 g/mol. The second-order valence-corrected chi connectivity index (χ2v) is 7.14. The summed E-state index contributed by atoms with van der Waals surface area (Å²) in [6, 6.07) is 19.8. The number of hydrogen-bond acceptors (Lipinski definition) is 8. The minimum atomic E-state index is -1.42. The summed E-state index contributed by atoms with van der Waals surface area (Å²) in [5, 5.41) is 24.6. The standard InChI is InChI=1S/2C14H10O4.Mg/c2*1-2-18-14(17)12-10-6-4-3-5-9(10)7-8-11(12)13(15)16;/h2*2-8H,1H2,(H,15,16);/q;;+2/p-2. The second kappa shape index (κ2) is 13.0. The van der Waals surface area contributed by atoms with E-state index in [-0.39, 0.29) is 45.3 Å². The van der Waals surface area contributed by atoms with Crippen LogP contribution in [-0.2, 0) is 9.47 Å². The summed E-state index contributed by atoms with van der Waals surface area (Å²) in [7, 11) is 0. The van der Waals surface area contributed by atoms with E-state index in [1.807, 2.05) is 0 Å². The van der Waals surface area contributed by atoms with E-state index in [2.05, 4.69) is 22.6 Å². The summed E-state index contributed by atoms with van der Waals surface area (Å²) in [6.45, 7) is 6.55. The van der Waals surface area contributed by atoms with E-state index >= 15 is 0 Å². The number of carboxylic acid groups (broad SMARTS) is 2. The van der Waals surface area contributed by atoms with Gasteiger partial charge in [-0.1, -0.05) is 86.0 Å². The molecule has 0 N–H and O–H groups in total. The van der Waals surface area contributed by atoms with Crippen LogP contribution >= 0.6 is 0 Å². The van der Waals surface area contributed by atoms with Gasteiger partial charge in [0.1, 0.15) is 0 Å². The third-order valence-corrected chi connectivity index (χ3v) is 5.09. The van der Waals surface area contributed by atoms with Gasteiger partial charge in [-0.25, -0.2) is 9.59 Å². The summed E-state index contributed by atoms with van der Waals surface area (Å²) in [4.78, 5) is 45.7. The van der Waals surface area contributed by atoms with E-state index in [0.29, 0.717) is 10.8 Å². The van der Waals surface area contributed by atoms with Gasteiger partial charge < -0.3 is 29.3 Å². The fourth-order valence-corrected chi connectivity index (χ4v) is 3.59. The van der Waals surface area contributed by atoms with Crippen molar-refractivity contribution in [1.29, 1.82) is 0 Å². The van der Waals surface area contributed by atoms with Crippen LogP contribution < -0.4 is 10.2 Å². The smallest absolute Gasteiger partial charge is 0.545 e. The van der Waals surface area contributed by atoms with Crippen LogP contribution in [0.2, 0.25) is 0 Å². The van der Waals surface area contributed by atoms with Gasteiger partial charge in [-0.15, -0.1) is 0 Å². The number of rotatable bonds is 6. The van der Waals surface area contributed by atoms with Crippen LogP contribution in [0.1, 0.15) is 41.4 Å². The third-order valence-electron chi connectivity index (χ3n) is 5.09. The molecule has 0 spiro atoms. The van der Waals surface area contributed by atoms with Crippen molar-refractivity contribution in [3.05, 3.63) is 121 Å². The maximum atomic E-state index is 11.8. The second-order valence-electron chi connectivity index (χ2n) is 7.14. The SMILES string of the molecule is C=COC(=O)c1c(C(=O)[O-])ccc2ccccc12.C=COC(=O)c1c(C(=O)[O-])ccc2ccccc12.[Mg+2]. The van der Waals surface area contributed by atoms with Crippen LogP contribution in [0.4, 0.5) is 0 Å². The van der Waals surface area contributed by atoms with Crippen LogP contribution in [0.5, 0.6) is 0 Å². The Bertz CT molecular complexity index is 1410. The predicted molar refractivity (Wildman–Crippen MR) is 134 cm³/mol. The fourth-order valence-electron chi connectivity index (χ4n) is 3.59. The molecular weight excluding hydrogens is 489 g/mol. The Hall–Kier alpha value is -4.47. The van der Waals surface area contributed by atoms with Gasteiger partial charge in [-0.2, -0.15) is 0 Å². The number of hydrogen-bond donors (Lipinski definition) is 0. The van der Waals surface area contributed by atoms with E-state index < -0.39 is 23.9 Å². The van der Waals surface area contributed by atoms with E-state index in [4.69, 9.17) is 0 Å². The largest absolute Gasteiger partial charge is 2.00 e. The normalized spacial score (nSPS) is 9.73. The molecule has 4 aromatic carbocycles. The molecule has 37 heavy (non-hydrogen) atoms. The van der Waals surface area contributed by atoms with Gasteiger partial charge in [-0.3, -0.25) is 0 Å². The van der Waals surface area contributed by atoms with Gasteiger partial charge in [0.15, 0.2) is 0 Å². The summed E-state index contributed by atoms with van der Waals surface area (Å²) in [5.74, 6) is -4.37. The summed E-state index contributed by atoms with van der Waals surface area (Å²) in [5.41, 5.74) is -0.429. The zero-order valence-electron chi connectivity index (χ0n) is 19.5. The van der Waals surface area contributed by atoms with Gasteiger partial charge in [-0.05, 0) is 21.5 Å². The molecule has 4 rings (SSSR count). The summed E-state index contributed by atoms with van der Waals surface area (Å²) >= 11 is 0. The van der Waals surface area contributed by atoms with Crippen molar-refractivity contribution in [2.24, 2.45) is 0 Å². The number of ether oxygens (including phenoxy) is 2. The Labute approximate surface area is 227 Å². The molecule has 0 saturated carbocycles. The maximum Gasteiger partial charge on any atom is 2.00 e. The van der Waals surface area contributed by atoms with Crippen molar-refractivity contribution >= 4 is 68.5 Å². The van der Waals surface area contributed by atoms with Crippen LogP contribution in [0, 0.1) is 0 Å². The van der Waals surface area contributed by atoms with E-state index in [1.165, 1.54) is 12.1 Å². The van der Waals surface area contributed by atoms with E-state index in [9.17, 15) is 29.4 Å². The molecule has 0 bridgehead atoms. The number of carboxylic acids is 2. The molecule has 0 aliphatic heterocycles. The van der Waals surface area contributed by atoms with Crippen molar-refractivity contribution < 1.29 is 38.9 Å². The van der Waals surface area contributed by atoms with Crippen LogP contribution in [0.25, 0.3) is 21.5 Å². The first kappa shape index (κ1) is 28.8. The predicted octanol–water partition coefficient (Wildman–Crippen LogP) is 2.63.